The van der Waals surface area contributed by atoms with Gasteiger partial charge in [-0.05, 0) is 38.5 Å². The van der Waals surface area contributed by atoms with Crippen molar-refractivity contribution < 1.29 is 0 Å². The van der Waals surface area contributed by atoms with Crippen LogP contribution in [0.15, 0.2) is 63.3 Å². The van der Waals surface area contributed by atoms with Gasteiger partial charge in [0, 0.05) is 0 Å². The molecule has 0 radical (unpaired) electrons. The molecule has 0 aliphatic carbocycles. The highest BCUT2D eigenvalue weighted by Gasteiger charge is 1.81. The molecule has 0 nitrogen and oxygen atoms in total. The van der Waals surface area contributed by atoms with Gasteiger partial charge in [0.15, 0.2) is 0 Å². The summed E-state index contributed by atoms with van der Waals surface area (Å²) in [6.45, 7) is 28.8. The van der Waals surface area contributed by atoms with Crippen LogP contribution in [0.2, 0.25) is 0 Å². The van der Waals surface area contributed by atoms with Crippen molar-refractivity contribution in [1.82, 2.24) is 0 Å². The lowest BCUT2D eigenvalue weighted by Crippen LogP contribution is -1.71. The van der Waals surface area contributed by atoms with Gasteiger partial charge in [-0.1, -0.05) is 123 Å². The average Bonchev–Trinajstić information content (AvgIpc) is 2.79. The first kappa shape index (κ1) is 39.2. The second-order valence-electron chi connectivity index (χ2n) is 7.13. The molecule has 0 heteroatoms. The van der Waals surface area contributed by atoms with Crippen LogP contribution in [0, 0.1) is 0 Å². The van der Waals surface area contributed by atoms with Gasteiger partial charge in [0.1, 0.15) is 0 Å². The lowest BCUT2D eigenvalue weighted by Gasteiger charge is -1.91. The van der Waals surface area contributed by atoms with E-state index in [-0.39, 0.29) is 0 Å². The van der Waals surface area contributed by atoms with Crippen LogP contribution in [-0.4, -0.2) is 0 Å². The van der Waals surface area contributed by atoms with Crippen molar-refractivity contribution in [2.24, 2.45) is 0 Å². The fourth-order valence-corrected chi connectivity index (χ4v) is 1.76. The maximum Gasteiger partial charge on any atom is -0.0353 e. The maximum absolute atomic E-state index is 3.66. The predicted molar refractivity (Wildman–Crippen MR) is 149 cm³/mol. The molecule has 0 heterocycles. The van der Waals surface area contributed by atoms with E-state index < -0.39 is 0 Å². The van der Waals surface area contributed by atoms with Gasteiger partial charge in [0.25, 0.3) is 0 Å². The Bertz CT molecular complexity index is 256. The normalized spacial score (nSPS) is 8.17. The SMILES string of the molecule is C=CCC.C=CCCCC.C=CCCCC.C=CCCCC.C=CCCCCCC. The minimum absolute atomic E-state index is 1.08. The Morgan fingerprint density at radius 1 is 0.367 bits per heavy atom. The van der Waals surface area contributed by atoms with Crippen LogP contribution < -0.4 is 0 Å². The van der Waals surface area contributed by atoms with Gasteiger partial charge in [-0.25, -0.2) is 0 Å². The van der Waals surface area contributed by atoms with E-state index in [4.69, 9.17) is 0 Å². The Morgan fingerprint density at radius 3 is 0.800 bits per heavy atom. The van der Waals surface area contributed by atoms with E-state index >= 15 is 0 Å². The van der Waals surface area contributed by atoms with Crippen LogP contribution in [-0.2, 0) is 0 Å². The molecule has 0 N–H and O–H groups in total. The third kappa shape index (κ3) is 94.0. The summed E-state index contributed by atoms with van der Waals surface area (Å²) in [5.41, 5.74) is 0. The molecule has 0 saturated carbocycles. The Kier molecular flexibility index (Phi) is 73.8. The van der Waals surface area contributed by atoms with Crippen LogP contribution in [0.1, 0.15) is 131 Å². The first-order chi connectivity index (χ1) is 14.6. The zero-order valence-corrected chi connectivity index (χ0v) is 22.0. The molecule has 0 atom stereocenters. The zero-order valence-electron chi connectivity index (χ0n) is 22.0. The molecule has 0 aliphatic heterocycles. The molecule has 0 fully saturated rings. The maximum atomic E-state index is 3.66. The fourth-order valence-electron chi connectivity index (χ4n) is 1.76. The highest BCUT2D eigenvalue weighted by atomic mass is 13.9. The summed E-state index contributed by atoms with van der Waals surface area (Å²) in [6, 6.07) is 0. The Labute approximate surface area is 194 Å². The molecule has 0 aromatic rings. The number of allylic oxidation sites excluding steroid dienone is 5. The molecule has 0 rings (SSSR count). The van der Waals surface area contributed by atoms with Crippen molar-refractivity contribution in [3.63, 3.8) is 0 Å². The van der Waals surface area contributed by atoms with E-state index in [1.54, 1.807) is 0 Å². The summed E-state index contributed by atoms with van der Waals surface area (Å²) in [5, 5.41) is 0. The van der Waals surface area contributed by atoms with Crippen molar-refractivity contribution in [1.29, 1.82) is 0 Å². The third-order valence-electron chi connectivity index (χ3n) is 3.84. The second-order valence-corrected chi connectivity index (χ2v) is 7.13. The van der Waals surface area contributed by atoms with Gasteiger partial charge in [0.05, 0.1) is 0 Å². The topological polar surface area (TPSA) is 0 Å². The average molecular weight is 421 g/mol. The summed E-state index contributed by atoms with van der Waals surface area (Å²) < 4.78 is 0. The number of hydrogen-bond donors (Lipinski definition) is 0. The van der Waals surface area contributed by atoms with Gasteiger partial charge in [-0.3, -0.25) is 0 Å². The first-order valence-corrected chi connectivity index (χ1v) is 12.6. The van der Waals surface area contributed by atoms with E-state index in [9.17, 15) is 0 Å². The van der Waals surface area contributed by atoms with Crippen LogP contribution >= 0.6 is 0 Å². The molecule has 30 heavy (non-hydrogen) atoms. The molecular weight excluding hydrogens is 360 g/mol. The van der Waals surface area contributed by atoms with Gasteiger partial charge >= 0.3 is 0 Å². The number of hydrogen-bond acceptors (Lipinski definition) is 0. The van der Waals surface area contributed by atoms with Crippen LogP contribution in [0.5, 0.6) is 0 Å². The van der Waals surface area contributed by atoms with E-state index in [0.29, 0.717) is 0 Å². The number of rotatable bonds is 15. The summed E-state index contributed by atoms with van der Waals surface area (Å²) in [5.74, 6) is 0. The molecule has 0 unspecified atom stereocenters. The van der Waals surface area contributed by atoms with Crippen molar-refractivity contribution in [2.75, 3.05) is 0 Å². The van der Waals surface area contributed by atoms with Gasteiger partial charge < -0.3 is 0 Å². The van der Waals surface area contributed by atoms with Gasteiger partial charge in [0.2, 0.25) is 0 Å². The smallest absolute Gasteiger partial charge is 0.0353 e. The molecule has 0 saturated heterocycles. The monoisotopic (exact) mass is 420 g/mol. The Hall–Kier alpha value is -1.30. The molecule has 0 aromatic heterocycles. The zero-order chi connectivity index (χ0) is 24.1. The summed E-state index contributed by atoms with van der Waals surface area (Å²) in [4.78, 5) is 0. The van der Waals surface area contributed by atoms with Crippen molar-refractivity contribution >= 4 is 0 Å². The molecule has 0 amide bonds. The van der Waals surface area contributed by atoms with Crippen molar-refractivity contribution in [3.8, 4) is 0 Å². The van der Waals surface area contributed by atoms with Gasteiger partial charge in [-0.2, -0.15) is 0 Å². The molecule has 0 aliphatic rings. The fraction of sp³-hybridized carbons (Fsp3) is 0.667. The minimum Gasteiger partial charge on any atom is -0.103 e. The largest absolute Gasteiger partial charge is 0.103 e. The molecule has 180 valence electrons. The lowest BCUT2D eigenvalue weighted by atomic mass is 10.2. The summed E-state index contributed by atoms with van der Waals surface area (Å²) in [6.07, 6.45) is 28.7. The predicted octanol–water partition coefficient (Wildman–Crippen LogP) is 11.8. The minimum atomic E-state index is 1.08. The van der Waals surface area contributed by atoms with Crippen molar-refractivity contribution in [2.45, 2.75) is 131 Å². The highest BCUT2D eigenvalue weighted by Crippen LogP contribution is 2.01. The first-order valence-electron chi connectivity index (χ1n) is 12.6. The van der Waals surface area contributed by atoms with Crippen LogP contribution in [0.3, 0.4) is 0 Å². The lowest BCUT2D eigenvalue weighted by molar-refractivity contribution is 0.675. The summed E-state index contributed by atoms with van der Waals surface area (Å²) >= 11 is 0. The second kappa shape index (κ2) is 56.5. The van der Waals surface area contributed by atoms with E-state index in [2.05, 4.69) is 67.5 Å². The van der Waals surface area contributed by atoms with Crippen LogP contribution in [0.4, 0.5) is 0 Å². The Morgan fingerprint density at radius 2 is 0.633 bits per heavy atom. The van der Waals surface area contributed by atoms with Crippen LogP contribution in [0.25, 0.3) is 0 Å². The Balaban J connectivity index is -0.0000000882. The number of unbranched alkanes of at least 4 members (excludes halogenated alkanes) is 10. The highest BCUT2D eigenvalue weighted by molar-refractivity contribution is 4.66. The standard InChI is InChI=1S/C8H16.3C6H12.C4H8/c1-3-5-7-8-6-4-2;3*1-3-5-6-4-2;1-3-4-2/h3H,1,4-8H2,2H3;3*3H,1,4-6H2,2H3;3H,1,4H2,2H3. The van der Waals surface area contributed by atoms with Crippen molar-refractivity contribution in [3.05, 3.63) is 63.3 Å². The molecular formula is C30H60. The third-order valence-corrected chi connectivity index (χ3v) is 3.84. The molecule has 0 aromatic carbocycles. The quantitative estimate of drug-likeness (QED) is 0.182. The molecule has 0 bridgehead atoms. The van der Waals surface area contributed by atoms with Gasteiger partial charge in [-0.15, -0.1) is 32.9 Å². The van der Waals surface area contributed by atoms with E-state index in [1.807, 2.05) is 30.4 Å². The van der Waals surface area contributed by atoms with E-state index in [1.165, 1.54) is 89.9 Å². The van der Waals surface area contributed by atoms with E-state index in [0.717, 1.165) is 6.42 Å². The summed E-state index contributed by atoms with van der Waals surface area (Å²) in [7, 11) is 0. The molecule has 0 spiro atoms.